The summed E-state index contributed by atoms with van der Waals surface area (Å²) < 4.78 is 0. The average molecular weight is 574 g/mol. The molecule has 0 fully saturated rings. The molecule has 9 heteroatoms. The van der Waals surface area contributed by atoms with Crippen molar-refractivity contribution in [3.8, 4) is 0 Å². The van der Waals surface area contributed by atoms with Crippen LogP contribution < -0.4 is 0 Å². The van der Waals surface area contributed by atoms with Crippen molar-refractivity contribution in [2.45, 2.75) is 55.4 Å². The van der Waals surface area contributed by atoms with Crippen LogP contribution in [0.3, 0.4) is 0 Å². The van der Waals surface area contributed by atoms with Gasteiger partial charge in [-0.15, -0.1) is 0 Å². The molecule has 0 radical (unpaired) electrons. The van der Waals surface area contributed by atoms with Crippen LogP contribution in [0, 0.1) is 46.9 Å². The molecule has 0 atom stereocenters. The quantitative estimate of drug-likeness (QED) is 0.290. The molecule has 0 heterocycles. The van der Waals surface area contributed by atoms with Gasteiger partial charge in [0.25, 0.3) is 0 Å². The topological polar surface area (TPSA) is 149 Å². The van der Waals surface area contributed by atoms with Crippen molar-refractivity contribution in [3.05, 3.63) is 47.3 Å². The van der Waals surface area contributed by atoms with Crippen molar-refractivity contribution in [1.29, 1.82) is 0 Å². The number of carbonyl (C=O) groups is 4. The number of allylic oxidation sites excluding steroid dienone is 8. The average Bonchev–Trinajstić information content (AvgIpc) is 2.32. The van der Waals surface area contributed by atoms with Crippen LogP contribution in [0.5, 0.6) is 0 Å². The molecule has 0 aliphatic heterocycles. The van der Waals surface area contributed by atoms with Gasteiger partial charge >= 0.3 is 0 Å². The normalized spacial score (nSPS) is 11.0. The van der Waals surface area contributed by atoms with E-state index in [2.05, 4.69) is 0 Å². The summed E-state index contributed by atoms with van der Waals surface area (Å²) in [7, 11) is 0. The minimum Gasteiger partial charge on any atom is -0.512 e. The minimum atomic E-state index is -0.125. The molecule has 0 aliphatic carbocycles. The minimum absolute atomic E-state index is 0. The molecule has 0 saturated carbocycles. The largest absolute Gasteiger partial charge is 0.512 e. The predicted octanol–water partition coefficient (Wildman–Crippen LogP) is 4.15. The summed E-state index contributed by atoms with van der Waals surface area (Å²) in [4.78, 5) is 40.1. The van der Waals surface area contributed by atoms with Gasteiger partial charge in [0.05, 0.1) is 23.0 Å². The predicted molar refractivity (Wildman–Crippen MR) is 108 cm³/mol. The van der Waals surface area contributed by atoms with Gasteiger partial charge in [0.2, 0.25) is 0 Å². The van der Waals surface area contributed by atoms with Gasteiger partial charge in [-0.05, 0) is 55.4 Å². The van der Waals surface area contributed by atoms with E-state index in [4.69, 9.17) is 20.4 Å². The smallest absolute Gasteiger partial charge is 0.155 e. The number of rotatable bonds is 4. The molecule has 0 aromatic rings. The van der Waals surface area contributed by atoms with Crippen molar-refractivity contribution in [2.75, 3.05) is 0 Å². The number of carbonyl (C=O) groups excluding carboxylic acids is 4. The Morgan fingerprint density at radius 1 is 0.414 bits per heavy atom. The zero-order chi connectivity index (χ0) is 23.4. The summed E-state index contributed by atoms with van der Waals surface area (Å²) in [6.07, 6.45) is 4.67. The molecule has 174 valence electrons. The summed E-state index contributed by atoms with van der Waals surface area (Å²) in [5.74, 6) is -0.250. The molecular weight excluding hydrogens is 541 g/mol. The Morgan fingerprint density at radius 2 is 0.517 bits per heavy atom. The first-order valence-electron chi connectivity index (χ1n) is 8.02. The van der Waals surface area contributed by atoms with Crippen LogP contribution in [0.1, 0.15) is 55.4 Å². The second kappa shape index (κ2) is 24.4. The van der Waals surface area contributed by atoms with E-state index in [9.17, 15) is 19.2 Å². The van der Waals surface area contributed by atoms with Gasteiger partial charge in [0, 0.05) is 71.2 Å². The Balaban J connectivity index is -0.0000000873. The van der Waals surface area contributed by atoms with Crippen LogP contribution in [0.2, 0.25) is 0 Å². The maximum absolute atomic E-state index is 10.0. The molecule has 0 saturated heterocycles. The second-order valence-electron chi connectivity index (χ2n) is 5.59. The first kappa shape index (κ1) is 38.0. The molecule has 0 amide bonds. The van der Waals surface area contributed by atoms with E-state index < -0.39 is 0 Å². The number of hydrogen-bond donors (Lipinski definition) is 4. The van der Waals surface area contributed by atoms with Crippen LogP contribution in [-0.4, -0.2) is 43.6 Å². The molecule has 4 N–H and O–H groups in total. The van der Waals surface area contributed by atoms with E-state index in [1.165, 1.54) is 79.7 Å². The third-order valence-corrected chi connectivity index (χ3v) is 1.65. The fraction of sp³-hybridized carbons (Fsp3) is 0.400. The number of aliphatic hydroxyl groups is 4. The molecule has 0 spiro atoms. The monoisotopic (exact) mass is 574 g/mol. The fourth-order valence-corrected chi connectivity index (χ4v) is 1.18. The third kappa shape index (κ3) is 75.9. The van der Waals surface area contributed by atoms with Crippen molar-refractivity contribution in [1.82, 2.24) is 0 Å². The Morgan fingerprint density at radius 3 is 0.517 bits per heavy atom. The Hall–Kier alpha value is -1.64. The van der Waals surface area contributed by atoms with Gasteiger partial charge in [-0.25, -0.2) is 0 Å². The molecule has 0 aromatic carbocycles. The SMILES string of the molecule is CC(=O)C=C(C)O.CC(=O)C=C(C)O.CC(=O)C=C(C)O.CC(=O)C=C(C)O.[Yb]. The molecular formula is C20H32O8Yb. The molecule has 0 unspecified atom stereocenters. The second-order valence-corrected chi connectivity index (χ2v) is 5.59. The van der Waals surface area contributed by atoms with Crippen molar-refractivity contribution >= 4 is 23.1 Å². The standard InChI is InChI=1S/4C5H8O2.Yb/c4*1-4(6)3-5(2)7;/h4*3,6H,1-2H3;. The zero-order valence-electron chi connectivity index (χ0n) is 18.0. The number of aliphatic hydroxyl groups excluding tert-OH is 4. The van der Waals surface area contributed by atoms with Crippen molar-refractivity contribution in [3.63, 3.8) is 0 Å². The van der Waals surface area contributed by atoms with Crippen LogP contribution in [0.4, 0.5) is 0 Å². The molecule has 8 nitrogen and oxygen atoms in total. The van der Waals surface area contributed by atoms with Gasteiger partial charge in [0.1, 0.15) is 0 Å². The first-order valence-corrected chi connectivity index (χ1v) is 8.02. The third-order valence-electron chi connectivity index (χ3n) is 1.65. The van der Waals surface area contributed by atoms with Gasteiger partial charge in [-0.1, -0.05) is 0 Å². The molecule has 0 aromatic heterocycles. The molecule has 0 aliphatic rings. The summed E-state index contributed by atoms with van der Waals surface area (Å²) >= 11 is 0. The Kier molecular flexibility index (Phi) is 32.0. The van der Waals surface area contributed by atoms with Crippen LogP contribution >= 0.6 is 0 Å². The number of ketones is 4. The van der Waals surface area contributed by atoms with E-state index in [0.29, 0.717) is 0 Å². The summed E-state index contributed by atoms with van der Waals surface area (Å²) in [6, 6.07) is 0. The van der Waals surface area contributed by atoms with E-state index >= 15 is 0 Å². The van der Waals surface area contributed by atoms with Crippen LogP contribution in [0.25, 0.3) is 0 Å². The van der Waals surface area contributed by atoms with E-state index in [1.54, 1.807) is 0 Å². The fourth-order valence-electron chi connectivity index (χ4n) is 1.18. The van der Waals surface area contributed by atoms with Gasteiger partial charge in [0.15, 0.2) is 23.1 Å². The Labute approximate surface area is 210 Å². The van der Waals surface area contributed by atoms with Crippen LogP contribution in [-0.2, 0) is 19.2 Å². The van der Waals surface area contributed by atoms with Crippen LogP contribution in [0.15, 0.2) is 47.3 Å². The van der Waals surface area contributed by atoms with Gasteiger partial charge in [-0.3, -0.25) is 19.2 Å². The number of hydrogen-bond acceptors (Lipinski definition) is 8. The maximum atomic E-state index is 10.0. The molecule has 0 bridgehead atoms. The summed E-state index contributed by atoms with van der Waals surface area (Å²) in [6.45, 7) is 11.4. The van der Waals surface area contributed by atoms with E-state index in [-0.39, 0.29) is 93.1 Å². The van der Waals surface area contributed by atoms with Gasteiger partial charge in [-0.2, -0.15) is 0 Å². The van der Waals surface area contributed by atoms with Gasteiger partial charge < -0.3 is 20.4 Å². The summed E-state index contributed by atoms with van der Waals surface area (Å²) in [5, 5.41) is 33.5. The summed E-state index contributed by atoms with van der Waals surface area (Å²) in [5.41, 5.74) is 0. The molecule has 0 rings (SSSR count). The van der Waals surface area contributed by atoms with Crippen molar-refractivity contribution < 1.29 is 86.5 Å². The van der Waals surface area contributed by atoms with Crippen molar-refractivity contribution in [2.24, 2.45) is 0 Å². The zero-order valence-corrected chi connectivity index (χ0v) is 19.7. The maximum Gasteiger partial charge on any atom is 0.155 e. The van der Waals surface area contributed by atoms with E-state index in [1.807, 2.05) is 0 Å². The Bertz CT molecular complexity index is 513. The first-order chi connectivity index (χ1) is 12.5. The molecule has 29 heavy (non-hydrogen) atoms. The van der Waals surface area contributed by atoms with E-state index in [0.717, 1.165) is 0 Å².